The van der Waals surface area contributed by atoms with E-state index in [1.54, 1.807) is 6.92 Å². The highest BCUT2D eigenvalue weighted by atomic mass is 16.5. The minimum Gasteiger partial charge on any atom is -0.472 e. The van der Waals surface area contributed by atoms with Crippen molar-refractivity contribution in [1.82, 2.24) is 0 Å². The van der Waals surface area contributed by atoms with Crippen LogP contribution in [0.2, 0.25) is 0 Å². The maximum Gasteiger partial charge on any atom is 0.178 e. The first-order chi connectivity index (χ1) is 5.65. The first-order valence-corrected chi connectivity index (χ1v) is 3.96. The lowest BCUT2D eigenvalue weighted by atomic mass is 10.1. The van der Waals surface area contributed by atoms with Crippen LogP contribution in [0.5, 0.6) is 0 Å². The van der Waals surface area contributed by atoms with Gasteiger partial charge >= 0.3 is 0 Å². The Morgan fingerprint density at radius 2 is 2.33 bits per heavy atom. The van der Waals surface area contributed by atoms with E-state index in [2.05, 4.69) is 6.58 Å². The van der Waals surface area contributed by atoms with Gasteiger partial charge in [0.1, 0.15) is 6.10 Å². The molecule has 1 aliphatic rings. The van der Waals surface area contributed by atoms with Gasteiger partial charge in [0.25, 0.3) is 0 Å². The van der Waals surface area contributed by atoms with E-state index in [9.17, 15) is 0 Å². The molecule has 0 bridgehead atoms. The van der Waals surface area contributed by atoms with E-state index in [0.29, 0.717) is 11.5 Å². The summed E-state index contributed by atoms with van der Waals surface area (Å²) in [6, 6.07) is 1.98. The number of hydrogen-bond donors (Lipinski definition) is 1. The summed E-state index contributed by atoms with van der Waals surface area (Å²) in [4.78, 5) is 0. The summed E-state index contributed by atoms with van der Waals surface area (Å²) in [5.41, 5.74) is 0.434. The first kappa shape index (κ1) is 8.79. The Kier molecular flexibility index (Phi) is 2.49. The van der Waals surface area contributed by atoms with Gasteiger partial charge in [0.2, 0.25) is 0 Å². The molecule has 1 unspecified atom stereocenters. The molecular weight excluding hydrogens is 152 g/mol. The summed E-state index contributed by atoms with van der Waals surface area (Å²) >= 11 is 0. The Morgan fingerprint density at radius 1 is 1.75 bits per heavy atom. The van der Waals surface area contributed by atoms with Crippen LogP contribution < -0.4 is 0 Å². The van der Waals surface area contributed by atoms with Gasteiger partial charge < -0.3 is 4.74 Å². The van der Waals surface area contributed by atoms with Crippen LogP contribution in [-0.4, -0.2) is 12.0 Å². The van der Waals surface area contributed by atoms with Crippen molar-refractivity contribution in [2.45, 2.75) is 25.9 Å². The molecule has 1 fully saturated rings. The summed E-state index contributed by atoms with van der Waals surface area (Å²) in [5, 5.41) is 15.7. The average Bonchev–Trinajstić information content (AvgIpc) is 2.81. The van der Waals surface area contributed by atoms with Crippen LogP contribution >= 0.6 is 0 Å². The highest BCUT2D eigenvalue weighted by Crippen LogP contribution is 2.37. The second kappa shape index (κ2) is 3.40. The fourth-order valence-corrected chi connectivity index (χ4v) is 1.10. The smallest absolute Gasteiger partial charge is 0.178 e. The van der Waals surface area contributed by atoms with E-state index < -0.39 is 0 Å². The second-order valence-corrected chi connectivity index (χ2v) is 3.07. The molecule has 0 aromatic carbocycles. The summed E-state index contributed by atoms with van der Waals surface area (Å²) in [5.74, 6) is 0.570. The molecular formula is C9H12N2O. The molecule has 1 atom stereocenters. The molecule has 64 valence electrons. The zero-order valence-electron chi connectivity index (χ0n) is 7.13. The Bertz CT molecular complexity index is 248. The molecule has 0 aliphatic heterocycles. The minimum absolute atomic E-state index is 0.156. The predicted molar refractivity (Wildman–Crippen MR) is 45.8 cm³/mol. The third-order valence-electron chi connectivity index (χ3n) is 1.84. The molecule has 0 amide bonds. The number of rotatable bonds is 3. The van der Waals surface area contributed by atoms with Gasteiger partial charge in [0.05, 0.1) is 11.6 Å². The molecule has 0 saturated heterocycles. The van der Waals surface area contributed by atoms with Crippen LogP contribution in [-0.2, 0) is 4.74 Å². The van der Waals surface area contributed by atoms with Crippen LogP contribution in [0.15, 0.2) is 12.2 Å². The van der Waals surface area contributed by atoms with Crippen LogP contribution in [0.4, 0.5) is 0 Å². The Morgan fingerprint density at radius 3 is 2.67 bits per heavy atom. The predicted octanol–water partition coefficient (Wildman–Crippen LogP) is 1.86. The largest absolute Gasteiger partial charge is 0.472 e. The number of ether oxygens (including phenoxy) is 1. The Balaban J connectivity index is 2.55. The zero-order valence-corrected chi connectivity index (χ0v) is 7.13. The van der Waals surface area contributed by atoms with Crippen molar-refractivity contribution >= 4 is 5.90 Å². The van der Waals surface area contributed by atoms with Gasteiger partial charge in [-0.1, -0.05) is 6.58 Å². The van der Waals surface area contributed by atoms with Gasteiger partial charge in [-0.05, 0) is 12.8 Å². The van der Waals surface area contributed by atoms with Crippen molar-refractivity contribution in [3.63, 3.8) is 0 Å². The van der Waals surface area contributed by atoms with Crippen molar-refractivity contribution in [3.8, 4) is 6.07 Å². The zero-order chi connectivity index (χ0) is 9.14. The molecule has 0 aromatic heterocycles. The Hall–Kier alpha value is -1.30. The van der Waals surface area contributed by atoms with E-state index >= 15 is 0 Å². The van der Waals surface area contributed by atoms with E-state index in [-0.39, 0.29) is 12.0 Å². The highest BCUT2D eigenvalue weighted by Gasteiger charge is 2.34. The number of hydrogen-bond acceptors (Lipinski definition) is 3. The Labute approximate surface area is 72.2 Å². The maximum absolute atomic E-state index is 8.59. The van der Waals surface area contributed by atoms with Crippen LogP contribution in [0, 0.1) is 22.7 Å². The summed E-state index contributed by atoms with van der Waals surface area (Å²) in [7, 11) is 0. The molecule has 0 aromatic rings. The topological polar surface area (TPSA) is 56.9 Å². The normalized spacial score (nSPS) is 17.7. The van der Waals surface area contributed by atoms with Crippen molar-refractivity contribution in [3.05, 3.63) is 12.2 Å². The first-order valence-electron chi connectivity index (χ1n) is 3.96. The third-order valence-corrected chi connectivity index (χ3v) is 1.84. The molecule has 12 heavy (non-hydrogen) atoms. The van der Waals surface area contributed by atoms with Gasteiger partial charge in [-0.15, -0.1) is 0 Å². The molecule has 0 heterocycles. The lowest BCUT2D eigenvalue weighted by Crippen LogP contribution is -2.19. The monoisotopic (exact) mass is 164 g/mol. The van der Waals surface area contributed by atoms with Crippen LogP contribution in [0.3, 0.4) is 0 Å². The quantitative estimate of drug-likeness (QED) is 0.393. The molecule has 1 saturated carbocycles. The van der Waals surface area contributed by atoms with E-state index in [0.717, 1.165) is 12.8 Å². The van der Waals surface area contributed by atoms with Gasteiger partial charge in [0.15, 0.2) is 5.90 Å². The number of nitrogens with one attached hydrogen (secondary N) is 1. The minimum atomic E-state index is -0.243. The maximum atomic E-state index is 8.59. The number of nitriles is 1. The molecule has 1 N–H and O–H groups in total. The van der Waals surface area contributed by atoms with Crippen LogP contribution in [0.1, 0.15) is 19.8 Å². The van der Waals surface area contributed by atoms with Gasteiger partial charge in [-0.2, -0.15) is 5.26 Å². The fourth-order valence-electron chi connectivity index (χ4n) is 1.10. The summed E-state index contributed by atoms with van der Waals surface area (Å²) in [6.45, 7) is 5.17. The second-order valence-electron chi connectivity index (χ2n) is 3.07. The molecule has 1 aliphatic carbocycles. The molecule has 0 spiro atoms. The van der Waals surface area contributed by atoms with Crippen molar-refractivity contribution in [2.24, 2.45) is 5.92 Å². The SMILES string of the molecule is C=C(C#N)C(OC(C)=N)C1CC1. The van der Waals surface area contributed by atoms with Crippen molar-refractivity contribution < 1.29 is 4.74 Å². The third kappa shape index (κ3) is 2.09. The lowest BCUT2D eigenvalue weighted by Gasteiger charge is -2.15. The highest BCUT2D eigenvalue weighted by molar-refractivity contribution is 5.70. The standard InChI is InChI=1S/C9H12N2O/c1-6(5-10)9(8-3-4-8)12-7(2)11/h8-9,11H,1,3-4H2,2H3. The molecule has 3 heteroatoms. The molecule has 1 rings (SSSR count). The van der Waals surface area contributed by atoms with E-state index in [1.165, 1.54) is 0 Å². The van der Waals surface area contributed by atoms with E-state index in [4.69, 9.17) is 15.4 Å². The average molecular weight is 164 g/mol. The van der Waals surface area contributed by atoms with Gasteiger partial charge in [-0.25, -0.2) is 0 Å². The lowest BCUT2D eigenvalue weighted by molar-refractivity contribution is 0.201. The fraction of sp³-hybridized carbons (Fsp3) is 0.556. The van der Waals surface area contributed by atoms with E-state index in [1.807, 2.05) is 6.07 Å². The molecule has 3 nitrogen and oxygen atoms in total. The van der Waals surface area contributed by atoms with Gasteiger partial charge in [-0.3, -0.25) is 5.41 Å². The summed E-state index contributed by atoms with van der Waals surface area (Å²) in [6.07, 6.45) is 1.92. The molecule has 0 radical (unpaired) electrons. The number of nitrogens with zero attached hydrogens (tertiary/aromatic N) is 1. The van der Waals surface area contributed by atoms with Crippen molar-refractivity contribution in [2.75, 3.05) is 0 Å². The summed E-state index contributed by atoms with van der Waals surface area (Å²) < 4.78 is 5.19. The van der Waals surface area contributed by atoms with Crippen LogP contribution in [0.25, 0.3) is 0 Å². The van der Waals surface area contributed by atoms with Crippen molar-refractivity contribution in [1.29, 1.82) is 10.7 Å². The van der Waals surface area contributed by atoms with Gasteiger partial charge in [0, 0.05) is 12.8 Å².